The minimum absolute atomic E-state index is 0.202. The summed E-state index contributed by atoms with van der Waals surface area (Å²) in [7, 11) is 1.46. The lowest BCUT2D eigenvalue weighted by molar-refractivity contribution is 0.409. The number of hydrogen-bond acceptors (Lipinski definition) is 1. The zero-order valence-corrected chi connectivity index (χ0v) is 12.4. The quantitative estimate of drug-likeness (QED) is 0.701. The number of hydrogen-bond donors (Lipinski definition) is 0. The van der Waals surface area contributed by atoms with Gasteiger partial charge in [0.2, 0.25) is 0 Å². The molecule has 0 N–H and O–H groups in total. The molecule has 0 spiro atoms. The van der Waals surface area contributed by atoms with E-state index in [4.69, 9.17) is 27.9 Å². The molecule has 0 aromatic heterocycles. The summed E-state index contributed by atoms with van der Waals surface area (Å²) in [6.07, 6.45) is 0. The molecule has 1 unspecified atom stereocenters. The molecule has 0 bridgehead atoms. The molecule has 0 radical (unpaired) electrons. The van der Waals surface area contributed by atoms with Crippen molar-refractivity contribution in [2.75, 3.05) is 7.11 Å². The maximum absolute atomic E-state index is 14.1. The number of methoxy groups -OCH3 is 1. The van der Waals surface area contributed by atoms with Crippen molar-refractivity contribution in [3.8, 4) is 5.75 Å². The van der Waals surface area contributed by atoms with E-state index >= 15 is 0 Å². The summed E-state index contributed by atoms with van der Waals surface area (Å²) in [5.74, 6) is -0.933. The number of rotatable bonds is 3. The Balaban J connectivity index is 2.60. The van der Waals surface area contributed by atoms with Crippen LogP contribution in [0.25, 0.3) is 0 Å². The van der Waals surface area contributed by atoms with Crippen molar-refractivity contribution in [1.29, 1.82) is 0 Å². The smallest absolute Gasteiger partial charge is 0.134 e. The highest BCUT2D eigenvalue weighted by Gasteiger charge is 2.24. The van der Waals surface area contributed by atoms with Gasteiger partial charge in [0.1, 0.15) is 17.4 Å². The highest BCUT2D eigenvalue weighted by Crippen LogP contribution is 2.39. The zero-order valence-electron chi connectivity index (χ0n) is 10.9. The first-order valence-electron chi connectivity index (χ1n) is 5.87. The van der Waals surface area contributed by atoms with E-state index in [2.05, 4.69) is 0 Å². The third kappa shape index (κ3) is 2.74. The van der Waals surface area contributed by atoms with Gasteiger partial charge in [0.05, 0.1) is 12.5 Å². The molecule has 1 atom stereocenters. The Hall–Kier alpha value is -1.32. The second-order valence-electron chi connectivity index (χ2n) is 4.34. The second kappa shape index (κ2) is 5.98. The number of aryl methyl sites for hydroxylation is 1. The summed E-state index contributed by atoms with van der Waals surface area (Å²) in [4.78, 5) is 0. The first kappa shape index (κ1) is 15.1. The van der Waals surface area contributed by atoms with Crippen molar-refractivity contribution < 1.29 is 13.5 Å². The second-order valence-corrected chi connectivity index (χ2v) is 5.21. The predicted molar refractivity (Wildman–Crippen MR) is 76.8 cm³/mol. The third-order valence-electron chi connectivity index (χ3n) is 3.04. The van der Waals surface area contributed by atoms with Crippen LogP contribution in [-0.4, -0.2) is 7.11 Å². The summed E-state index contributed by atoms with van der Waals surface area (Å²) in [5, 5.41) is -0.608. The average molecular weight is 317 g/mol. The van der Waals surface area contributed by atoms with Crippen LogP contribution < -0.4 is 4.74 Å². The predicted octanol–water partition coefficient (Wildman–Crippen LogP) is 5.26. The van der Waals surface area contributed by atoms with Crippen molar-refractivity contribution in [3.63, 3.8) is 0 Å². The maximum atomic E-state index is 14.1. The molecule has 1 nitrogen and oxygen atoms in total. The van der Waals surface area contributed by atoms with Gasteiger partial charge in [0.15, 0.2) is 0 Å². The van der Waals surface area contributed by atoms with Crippen LogP contribution in [0.5, 0.6) is 5.75 Å². The number of ether oxygens (including phenoxy) is 1. The van der Waals surface area contributed by atoms with E-state index in [1.165, 1.54) is 19.2 Å². The van der Waals surface area contributed by atoms with Crippen molar-refractivity contribution in [1.82, 2.24) is 0 Å². The zero-order chi connectivity index (χ0) is 14.9. The van der Waals surface area contributed by atoms with Crippen molar-refractivity contribution in [2.45, 2.75) is 12.3 Å². The molecule has 106 valence electrons. The van der Waals surface area contributed by atoms with E-state index < -0.39 is 17.0 Å². The summed E-state index contributed by atoms with van der Waals surface area (Å²) in [6.45, 7) is 1.55. The van der Waals surface area contributed by atoms with Gasteiger partial charge < -0.3 is 4.74 Å². The Morgan fingerprint density at radius 3 is 2.50 bits per heavy atom. The molecule has 0 amide bonds. The molecule has 0 saturated carbocycles. The largest absolute Gasteiger partial charge is 0.496 e. The van der Waals surface area contributed by atoms with Gasteiger partial charge in [-0.15, -0.1) is 11.6 Å². The topological polar surface area (TPSA) is 9.23 Å². The van der Waals surface area contributed by atoms with Crippen molar-refractivity contribution in [3.05, 3.63) is 63.7 Å². The van der Waals surface area contributed by atoms with Crippen LogP contribution in [0.4, 0.5) is 8.78 Å². The van der Waals surface area contributed by atoms with Crippen LogP contribution in [0.3, 0.4) is 0 Å². The fraction of sp³-hybridized carbons (Fsp3) is 0.200. The number of halogens is 4. The average Bonchev–Trinajstić information content (AvgIpc) is 2.43. The van der Waals surface area contributed by atoms with E-state index in [0.29, 0.717) is 21.9 Å². The fourth-order valence-corrected chi connectivity index (χ4v) is 2.52. The minimum Gasteiger partial charge on any atom is -0.496 e. The summed E-state index contributed by atoms with van der Waals surface area (Å²) in [6, 6.07) is 7.33. The van der Waals surface area contributed by atoms with Gasteiger partial charge in [-0.3, -0.25) is 0 Å². The Bertz CT molecular complexity index is 644. The normalized spacial score (nSPS) is 12.3. The van der Waals surface area contributed by atoms with Crippen LogP contribution in [0.2, 0.25) is 5.02 Å². The van der Waals surface area contributed by atoms with Crippen LogP contribution >= 0.6 is 23.2 Å². The molecule has 0 aliphatic carbocycles. The molecule has 2 aromatic rings. The van der Waals surface area contributed by atoms with Crippen LogP contribution in [0.15, 0.2) is 30.3 Å². The molecular weight excluding hydrogens is 305 g/mol. The van der Waals surface area contributed by atoms with Crippen LogP contribution in [-0.2, 0) is 0 Å². The van der Waals surface area contributed by atoms with Gasteiger partial charge >= 0.3 is 0 Å². The summed E-state index contributed by atoms with van der Waals surface area (Å²) < 4.78 is 33.2. The third-order valence-corrected chi connectivity index (χ3v) is 3.73. The molecule has 0 fully saturated rings. The van der Waals surface area contributed by atoms with Gasteiger partial charge in [-0.25, -0.2) is 8.78 Å². The molecule has 0 aliphatic heterocycles. The molecule has 0 saturated heterocycles. The summed E-state index contributed by atoms with van der Waals surface area (Å²) >= 11 is 12.2. The minimum atomic E-state index is -1.02. The Morgan fingerprint density at radius 2 is 1.85 bits per heavy atom. The monoisotopic (exact) mass is 316 g/mol. The maximum Gasteiger partial charge on any atom is 0.134 e. The Morgan fingerprint density at radius 1 is 1.15 bits per heavy atom. The van der Waals surface area contributed by atoms with Crippen LogP contribution in [0, 0.1) is 18.6 Å². The fourth-order valence-electron chi connectivity index (χ4n) is 1.97. The van der Waals surface area contributed by atoms with E-state index in [0.717, 1.165) is 0 Å². The summed E-state index contributed by atoms with van der Waals surface area (Å²) in [5.41, 5.74) is 0.547. The van der Waals surface area contributed by atoms with Gasteiger partial charge in [-0.1, -0.05) is 17.7 Å². The van der Waals surface area contributed by atoms with Crippen molar-refractivity contribution >= 4 is 23.2 Å². The Labute approximate surface area is 126 Å². The SMILES string of the molecule is COc1ccc(Cl)cc1C(Cl)c1c(F)ccc(C)c1F. The Kier molecular flexibility index (Phi) is 4.51. The molecule has 2 aromatic carbocycles. The lowest BCUT2D eigenvalue weighted by atomic mass is 10.0. The van der Waals surface area contributed by atoms with Crippen molar-refractivity contribution in [2.24, 2.45) is 0 Å². The molecule has 20 heavy (non-hydrogen) atoms. The molecule has 0 heterocycles. The van der Waals surface area contributed by atoms with Gasteiger partial charge in [0, 0.05) is 16.1 Å². The highest BCUT2D eigenvalue weighted by atomic mass is 35.5. The van der Waals surface area contributed by atoms with Gasteiger partial charge in [-0.2, -0.15) is 0 Å². The van der Waals surface area contributed by atoms with Gasteiger partial charge in [0.25, 0.3) is 0 Å². The molecule has 2 rings (SSSR count). The van der Waals surface area contributed by atoms with E-state index in [9.17, 15) is 8.78 Å². The lowest BCUT2D eigenvalue weighted by Crippen LogP contribution is -2.04. The molecule has 0 aliphatic rings. The molecular formula is C15H12Cl2F2O. The van der Waals surface area contributed by atoms with E-state index in [1.807, 2.05) is 0 Å². The first-order chi connectivity index (χ1) is 9.45. The number of alkyl halides is 1. The van der Waals surface area contributed by atoms with Crippen LogP contribution in [0.1, 0.15) is 22.1 Å². The number of benzene rings is 2. The molecule has 5 heteroatoms. The highest BCUT2D eigenvalue weighted by molar-refractivity contribution is 6.31. The first-order valence-corrected chi connectivity index (χ1v) is 6.69. The lowest BCUT2D eigenvalue weighted by Gasteiger charge is -2.17. The van der Waals surface area contributed by atoms with E-state index in [1.54, 1.807) is 25.1 Å². The standard InChI is InChI=1S/C15H12Cl2F2O/c1-8-3-5-11(18)13(15(8)19)14(17)10-7-9(16)4-6-12(10)20-2/h3-7,14H,1-2H3. The van der Waals surface area contributed by atoms with E-state index in [-0.39, 0.29) is 5.56 Å². The van der Waals surface area contributed by atoms with Gasteiger partial charge in [-0.05, 0) is 36.8 Å².